The van der Waals surface area contributed by atoms with Crippen molar-refractivity contribution in [2.45, 2.75) is 44.6 Å². The second kappa shape index (κ2) is 5.57. The molecule has 1 unspecified atom stereocenters. The van der Waals surface area contributed by atoms with Crippen molar-refractivity contribution in [2.75, 3.05) is 13.1 Å². The zero-order valence-corrected chi connectivity index (χ0v) is 11.9. The summed E-state index contributed by atoms with van der Waals surface area (Å²) in [6, 6.07) is 10.3. The molecule has 108 valence electrons. The van der Waals surface area contributed by atoms with E-state index in [1.807, 2.05) is 23.1 Å². The van der Waals surface area contributed by atoms with Gasteiger partial charge in [0.2, 0.25) is 5.91 Å². The summed E-state index contributed by atoms with van der Waals surface area (Å²) in [6.45, 7) is 1.34. The summed E-state index contributed by atoms with van der Waals surface area (Å²) < 4.78 is 0. The molecule has 0 aromatic heterocycles. The smallest absolute Gasteiger partial charge is 0.229 e. The van der Waals surface area contributed by atoms with Gasteiger partial charge < -0.3 is 10.0 Å². The van der Waals surface area contributed by atoms with Crippen molar-refractivity contribution in [3.63, 3.8) is 0 Å². The van der Waals surface area contributed by atoms with Crippen LogP contribution in [0.25, 0.3) is 0 Å². The number of aliphatic hydroxyl groups is 1. The highest BCUT2D eigenvalue weighted by Gasteiger charge is 2.46. The Morgan fingerprint density at radius 1 is 1.25 bits per heavy atom. The molecule has 1 N–H and O–H groups in total. The van der Waals surface area contributed by atoms with E-state index in [2.05, 4.69) is 12.1 Å². The van der Waals surface area contributed by atoms with Gasteiger partial charge in [0.25, 0.3) is 0 Å². The molecule has 1 amide bonds. The average molecular weight is 273 g/mol. The van der Waals surface area contributed by atoms with Crippen LogP contribution in [0, 0.1) is 5.41 Å². The zero-order chi connectivity index (χ0) is 14.0. The molecule has 0 radical (unpaired) electrons. The summed E-state index contributed by atoms with van der Waals surface area (Å²) in [5, 5.41) is 9.78. The molecular formula is C17H23NO2. The highest BCUT2D eigenvalue weighted by Crippen LogP contribution is 2.45. The number of carbonyl (C=O) groups excluding carboxylic acids is 1. The molecule has 1 aromatic carbocycles. The molecule has 1 aromatic rings. The molecule has 2 fully saturated rings. The number of hydrogen-bond donors (Lipinski definition) is 1. The minimum Gasteiger partial charge on any atom is -0.391 e. The van der Waals surface area contributed by atoms with E-state index >= 15 is 0 Å². The van der Waals surface area contributed by atoms with Crippen LogP contribution in [0.1, 0.15) is 37.7 Å². The van der Waals surface area contributed by atoms with Crippen LogP contribution in [-0.2, 0) is 11.2 Å². The first-order valence-corrected chi connectivity index (χ1v) is 7.71. The predicted molar refractivity (Wildman–Crippen MR) is 78.3 cm³/mol. The SMILES string of the molecule is O=C(N1CCCC(O)C1)C1(Cc2ccccc2)CCC1. The quantitative estimate of drug-likeness (QED) is 0.918. The monoisotopic (exact) mass is 273 g/mol. The molecule has 1 aliphatic carbocycles. The van der Waals surface area contributed by atoms with Crippen molar-refractivity contribution < 1.29 is 9.90 Å². The lowest BCUT2D eigenvalue weighted by Crippen LogP contribution is -2.52. The Morgan fingerprint density at radius 3 is 2.60 bits per heavy atom. The number of nitrogens with zero attached hydrogens (tertiary/aromatic N) is 1. The van der Waals surface area contributed by atoms with Crippen molar-refractivity contribution >= 4 is 5.91 Å². The van der Waals surface area contributed by atoms with Crippen LogP contribution in [0.4, 0.5) is 0 Å². The fraction of sp³-hybridized carbons (Fsp3) is 0.588. The van der Waals surface area contributed by atoms with E-state index < -0.39 is 0 Å². The minimum absolute atomic E-state index is 0.196. The normalized spacial score (nSPS) is 25.1. The van der Waals surface area contributed by atoms with Gasteiger partial charge in [-0.05, 0) is 37.7 Å². The Kier molecular flexibility index (Phi) is 3.79. The largest absolute Gasteiger partial charge is 0.391 e. The van der Waals surface area contributed by atoms with Gasteiger partial charge in [0, 0.05) is 13.1 Å². The van der Waals surface area contributed by atoms with Crippen LogP contribution in [-0.4, -0.2) is 35.1 Å². The lowest BCUT2D eigenvalue weighted by Gasteiger charge is -2.45. The molecule has 0 bridgehead atoms. The molecule has 3 heteroatoms. The number of benzene rings is 1. The van der Waals surface area contributed by atoms with Gasteiger partial charge in [-0.1, -0.05) is 36.8 Å². The van der Waals surface area contributed by atoms with Crippen LogP contribution in [0.3, 0.4) is 0 Å². The third kappa shape index (κ3) is 2.59. The topological polar surface area (TPSA) is 40.5 Å². The van der Waals surface area contributed by atoms with Gasteiger partial charge in [0.1, 0.15) is 0 Å². The summed E-state index contributed by atoms with van der Waals surface area (Å²) >= 11 is 0. The summed E-state index contributed by atoms with van der Waals surface area (Å²) in [5.41, 5.74) is 1.05. The van der Waals surface area contributed by atoms with E-state index in [9.17, 15) is 9.90 Å². The number of amides is 1. The van der Waals surface area contributed by atoms with Gasteiger partial charge in [-0.3, -0.25) is 4.79 Å². The molecule has 20 heavy (non-hydrogen) atoms. The molecule has 1 saturated heterocycles. The van der Waals surface area contributed by atoms with Crippen LogP contribution < -0.4 is 0 Å². The Morgan fingerprint density at radius 2 is 2.00 bits per heavy atom. The first-order valence-electron chi connectivity index (χ1n) is 7.71. The van der Waals surface area contributed by atoms with Crippen molar-refractivity contribution in [1.82, 2.24) is 4.90 Å². The van der Waals surface area contributed by atoms with Crippen LogP contribution in [0.15, 0.2) is 30.3 Å². The maximum Gasteiger partial charge on any atom is 0.229 e. The van der Waals surface area contributed by atoms with Crippen LogP contribution in [0.2, 0.25) is 0 Å². The van der Waals surface area contributed by atoms with Gasteiger partial charge in [-0.2, -0.15) is 0 Å². The maximum atomic E-state index is 12.9. The van der Waals surface area contributed by atoms with E-state index in [0.717, 1.165) is 45.1 Å². The molecule has 1 saturated carbocycles. The second-order valence-corrected chi connectivity index (χ2v) is 6.34. The van der Waals surface area contributed by atoms with Gasteiger partial charge in [0.05, 0.1) is 11.5 Å². The van der Waals surface area contributed by atoms with E-state index in [1.54, 1.807) is 0 Å². The van der Waals surface area contributed by atoms with Crippen LogP contribution >= 0.6 is 0 Å². The first-order chi connectivity index (χ1) is 9.70. The van der Waals surface area contributed by atoms with E-state index in [1.165, 1.54) is 5.56 Å². The Balaban J connectivity index is 1.73. The number of β-amino-alcohol motifs (C(OH)–C–C–N with tert-alkyl or cyclic N) is 1. The van der Waals surface area contributed by atoms with Gasteiger partial charge in [0.15, 0.2) is 0 Å². The number of aliphatic hydroxyl groups excluding tert-OH is 1. The van der Waals surface area contributed by atoms with Gasteiger partial charge in [-0.25, -0.2) is 0 Å². The van der Waals surface area contributed by atoms with E-state index in [-0.39, 0.29) is 17.4 Å². The Bertz CT molecular complexity index is 467. The number of likely N-dealkylation sites (tertiary alicyclic amines) is 1. The van der Waals surface area contributed by atoms with Crippen molar-refractivity contribution in [1.29, 1.82) is 0 Å². The van der Waals surface area contributed by atoms with Crippen molar-refractivity contribution in [2.24, 2.45) is 5.41 Å². The summed E-state index contributed by atoms with van der Waals surface area (Å²) in [4.78, 5) is 14.8. The molecule has 3 rings (SSSR count). The predicted octanol–water partition coefficient (Wildman–Crippen LogP) is 2.38. The molecular weight excluding hydrogens is 250 g/mol. The van der Waals surface area contributed by atoms with Crippen molar-refractivity contribution in [3.8, 4) is 0 Å². The fourth-order valence-electron chi connectivity index (χ4n) is 3.53. The Hall–Kier alpha value is -1.35. The summed E-state index contributed by atoms with van der Waals surface area (Å²) in [7, 11) is 0. The van der Waals surface area contributed by atoms with Crippen LogP contribution in [0.5, 0.6) is 0 Å². The third-order valence-electron chi connectivity index (χ3n) is 4.83. The number of carbonyl (C=O) groups is 1. The minimum atomic E-state index is -0.332. The van der Waals surface area contributed by atoms with E-state index in [0.29, 0.717) is 6.54 Å². The summed E-state index contributed by atoms with van der Waals surface area (Å²) in [5.74, 6) is 0.270. The number of piperidine rings is 1. The molecule has 1 aliphatic heterocycles. The third-order valence-corrected chi connectivity index (χ3v) is 4.83. The second-order valence-electron chi connectivity index (χ2n) is 6.34. The van der Waals surface area contributed by atoms with Gasteiger partial charge in [-0.15, -0.1) is 0 Å². The highest BCUT2D eigenvalue weighted by atomic mass is 16.3. The zero-order valence-electron chi connectivity index (χ0n) is 11.9. The standard InChI is InChI=1S/C17H23NO2/c19-15-8-4-11-18(13-15)16(20)17(9-5-10-17)12-14-6-2-1-3-7-14/h1-3,6-7,15,19H,4-5,8-13H2. The molecule has 1 heterocycles. The first kappa shape index (κ1) is 13.6. The lowest BCUT2D eigenvalue weighted by atomic mass is 9.64. The van der Waals surface area contributed by atoms with Crippen molar-refractivity contribution in [3.05, 3.63) is 35.9 Å². The van der Waals surface area contributed by atoms with Gasteiger partial charge >= 0.3 is 0 Å². The fourth-order valence-corrected chi connectivity index (χ4v) is 3.53. The molecule has 0 spiro atoms. The number of hydrogen-bond acceptors (Lipinski definition) is 2. The molecule has 1 atom stereocenters. The summed E-state index contributed by atoms with van der Waals surface area (Å²) in [6.07, 6.45) is 5.40. The maximum absolute atomic E-state index is 12.9. The average Bonchev–Trinajstić information content (AvgIpc) is 2.43. The number of rotatable bonds is 3. The lowest BCUT2D eigenvalue weighted by molar-refractivity contribution is -0.150. The molecule has 2 aliphatic rings. The van der Waals surface area contributed by atoms with E-state index in [4.69, 9.17) is 0 Å². The Labute approximate surface area is 120 Å². The highest BCUT2D eigenvalue weighted by molar-refractivity contribution is 5.84. The molecule has 3 nitrogen and oxygen atoms in total.